The first-order chi connectivity index (χ1) is 9.97. The van der Waals surface area contributed by atoms with Crippen LogP contribution >= 0.6 is 0 Å². The fourth-order valence-corrected chi connectivity index (χ4v) is 1.73. The fourth-order valence-electron chi connectivity index (χ4n) is 1.73. The number of aliphatic hydroxyl groups excluding tert-OH is 1. The van der Waals surface area contributed by atoms with E-state index in [-0.39, 0.29) is 17.7 Å². The Morgan fingerprint density at radius 3 is 2.62 bits per heavy atom. The molecule has 110 valence electrons. The van der Waals surface area contributed by atoms with Gasteiger partial charge in [-0.15, -0.1) is 0 Å². The predicted octanol–water partition coefficient (Wildman–Crippen LogP) is 2.18. The molecule has 1 amide bonds. The lowest BCUT2D eigenvalue weighted by molar-refractivity contribution is 0.0997. The van der Waals surface area contributed by atoms with Crippen LogP contribution in [0.5, 0.6) is 5.75 Å². The molecular weight excluding hydrogens is 280 g/mol. The summed E-state index contributed by atoms with van der Waals surface area (Å²) in [5.74, 6) is -2.28. The molecule has 1 atom stereocenters. The number of carbonyl (C=O) groups is 1. The number of carbonyl (C=O) groups excluding carboxylic acids is 1. The van der Waals surface area contributed by atoms with Gasteiger partial charge in [0.1, 0.15) is 18.5 Å². The number of hydrogen-bond acceptors (Lipinski definition) is 3. The Morgan fingerprint density at radius 1 is 1.19 bits per heavy atom. The van der Waals surface area contributed by atoms with E-state index in [4.69, 9.17) is 10.5 Å². The summed E-state index contributed by atoms with van der Waals surface area (Å²) in [6, 6.07) is 9.24. The third-order valence-electron chi connectivity index (χ3n) is 2.85. The number of benzene rings is 2. The van der Waals surface area contributed by atoms with Gasteiger partial charge >= 0.3 is 0 Å². The highest BCUT2D eigenvalue weighted by molar-refractivity contribution is 5.93. The zero-order chi connectivity index (χ0) is 15.4. The normalized spacial score (nSPS) is 12.0. The minimum absolute atomic E-state index is 0.173. The average molecular weight is 293 g/mol. The number of hydrogen-bond donors (Lipinski definition) is 2. The van der Waals surface area contributed by atoms with E-state index in [1.54, 1.807) is 12.1 Å². The molecule has 0 saturated carbocycles. The molecule has 0 heterocycles. The fraction of sp³-hybridized carbons (Fsp3) is 0.133. The topological polar surface area (TPSA) is 72.6 Å². The summed E-state index contributed by atoms with van der Waals surface area (Å²) in [4.78, 5) is 11.0. The Kier molecular flexibility index (Phi) is 4.49. The first kappa shape index (κ1) is 14.9. The van der Waals surface area contributed by atoms with Gasteiger partial charge in [-0.05, 0) is 35.9 Å². The van der Waals surface area contributed by atoms with Crippen LogP contribution in [0.25, 0.3) is 0 Å². The Hall–Kier alpha value is -2.47. The van der Waals surface area contributed by atoms with E-state index in [9.17, 15) is 18.7 Å². The van der Waals surface area contributed by atoms with Gasteiger partial charge in [-0.3, -0.25) is 4.79 Å². The van der Waals surface area contributed by atoms with Crippen LogP contribution in [-0.2, 0) is 0 Å². The second-order valence-electron chi connectivity index (χ2n) is 4.39. The lowest BCUT2D eigenvalue weighted by Crippen LogP contribution is -2.12. The van der Waals surface area contributed by atoms with Gasteiger partial charge in [-0.1, -0.05) is 12.1 Å². The van der Waals surface area contributed by atoms with E-state index in [0.29, 0.717) is 5.75 Å². The van der Waals surface area contributed by atoms with Crippen molar-refractivity contribution in [1.82, 2.24) is 0 Å². The van der Waals surface area contributed by atoms with Crippen molar-refractivity contribution < 1.29 is 23.4 Å². The van der Waals surface area contributed by atoms with E-state index < -0.39 is 23.6 Å². The molecule has 6 heteroatoms. The van der Waals surface area contributed by atoms with Gasteiger partial charge in [-0.2, -0.15) is 0 Å². The minimum Gasteiger partial charge on any atom is -0.491 e. The van der Waals surface area contributed by atoms with Crippen LogP contribution < -0.4 is 10.5 Å². The third kappa shape index (κ3) is 3.76. The summed E-state index contributed by atoms with van der Waals surface area (Å²) in [5, 5.41) is 9.87. The summed E-state index contributed by atoms with van der Waals surface area (Å²) < 4.78 is 31.2. The van der Waals surface area contributed by atoms with E-state index in [1.165, 1.54) is 18.2 Å². The molecule has 0 aliphatic heterocycles. The number of aliphatic hydroxyl groups is 1. The summed E-state index contributed by atoms with van der Waals surface area (Å²) >= 11 is 0. The Bertz CT molecular complexity index is 661. The van der Waals surface area contributed by atoms with Gasteiger partial charge in [0.15, 0.2) is 11.6 Å². The zero-order valence-corrected chi connectivity index (χ0v) is 10.9. The van der Waals surface area contributed by atoms with Crippen LogP contribution in [0.2, 0.25) is 0 Å². The van der Waals surface area contributed by atoms with Crippen molar-refractivity contribution >= 4 is 5.91 Å². The number of halogens is 2. The van der Waals surface area contributed by atoms with Crippen LogP contribution in [0.4, 0.5) is 8.78 Å². The summed E-state index contributed by atoms with van der Waals surface area (Å²) in [6.45, 7) is -0.173. The van der Waals surface area contributed by atoms with Gasteiger partial charge in [0.25, 0.3) is 0 Å². The van der Waals surface area contributed by atoms with Crippen LogP contribution in [0.3, 0.4) is 0 Å². The molecule has 0 bridgehead atoms. The van der Waals surface area contributed by atoms with Crippen molar-refractivity contribution in [1.29, 1.82) is 0 Å². The van der Waals surface area contributed by atoms with Gasteiger partial charge in [0.05, 0.1) is 0 Å². The molecule has 2 rings (SSSR count). The predicted molar refractivity (Wildman–Crippen MR) is 71.8 cm³/mol. The van der Waals surface area contributed by atoms with Gasteiger partial charge in [0, 0.05) is 5.56 Å². The molecular formula is C15H13F2NO3. The Morgan fingerprint density at radius 2 is 1.95 bits per heavy atom. The monoisotopic (exact) mass is 293 g/mol. The maximum atomic E-state index is 13.1. The van der Waals surface area contributed by atoms with E-state index in [1.807, 2.05) is 0 Å². The number of amides is 1. The SMILES string of the molecule is NC(=O)c1cccc(OCC(O)c2ccc(F)c(F)c2)c1. The molecule has 0 aromatic heterocycles. The summed E-state index contributed by atoms with van der Waals surface area (Å²) in [7, 11) is 0. The van der Waals surface area contributed by atoms with Crippen molar-refractivity contribution in [3.63, 3.8) is 0 Å². The number of nitrogens with two attached hydrogens (primary N) is 1. The van der Waals surface area contributed by atoms with E-state index in [0.717, 1.165) is 12.1 Å². The van der Waals surface area contributed by atoms with Gasteiger partial charge in [-0.25, -0.2) is 8.78 Å². The van der Waals surface area contributed by atoms with Crippen molar-refractivity contribution in [2.24, 2.45) is 5.73 Å². The molecule has 2 aromatic rings. The lowest BCUT2D eigenvalue weighted by atomic mass is 10.1. The molecule has 0 radical (unpaired) electrons. The van der Waals surface area contributed by atoms with Gasteiger partial charge in [0.2, 0.25) is 5.91 Å². The van der Waals surface area contributed by atoms with E-state index in [2.05, 4.69) is 0 Å². The molecule has 4 nitrogen and oxygen atoms in total. The van der Waals surface area contributed by atoms with Gasteiger partial charge < -0.3 is 15.6 Å². The minimum atomic E-state index is -1.13. The van der Waals surface area contributed by atoms with Crippen LogP contribution in [0.1, 0.15) is 22.0 Å². The number of rotatable bonds is 5. The highest BCUT2D eigenvalue weighted by Gasteiger charge is 2.12. The van der Waals surface area contributed by atoms with Crippen molar-refractivity contribution in [3.05, 3.63) is 65.2 Å². The second-order valence-corrected chi connectivity index (χ2v) is 4.39. The van der Waals surface area contributed by atoms with Crippen LogP contribution in [0, 0.1) is 11.6 Å². The van der Waals surface area contributed by atoms with Crippen LogP contribution in [-0.4, -0.2) is 17.6 Å². The average Bonchev–Trinajstić information content (AvgIpc) is 2.48. The first-order valence-corrected chi connectivity index (χ1v) is 6.13. The highest BCUT2D eigenvalue weighted by Crippen LogP contribution is 2.19. The maximum absolute atomic E-state index is 13.1. The molecule has 21 heavy (non-hydrogen) atoms. The maximum Gasteiger partial charge on any atom is 0.248 e. The summed E-state index contributed by atoms with van der Waals surface area (Å²) in [6.07, 6.45) is -1.13. The number of ether oxygens (including phenoxy) is 1. The van der Waals surface area contributed by atoms with Crippen molar-refractivity contribution in [2.75, 3.05) is 6.61 Å². The van der Waals surface area contributed by atoms with Crippen LogP contribution in [0.15, 0.2) is 42.5 Å². The molecule has 0 saturated heterocycles. The second kappa shape index (κ2) is 6.32. The third-order valence-corrected chi connectivity index (χ3v) is 2.85. The first-order valence-electron chi connectivity index (χ1n) is 6.13. The Labute approximate surface area is 119 Å². The number of primary amides is 1. The Balaban J connectivity index is 2.03. The summed E-state index contributed by atoms with van der Waals surface area (Å²) in [5.41, 5.74) is 5.61. The molecule has 3 N–H and O–H groups in total. The van der Waals surface area contributed by atoms with Crippen molar-refractivity contribution in [3.8, 4) is 5.75 Å². The van der Waals surface area contributed by atoms with E-state index >= 15 is 0 Å². The zero-order valence-electron chi connectivity index (χ0n) is 10.9. The molecule has 0 aliphatic carbocycles. The molecule has 1 unspecified atom stereocenters. The van der Waals surface area contributed by atoms with Crippen molar-refractivity contribution in [2.45, 2.75) is 6.10 Å². The molecule has 0 spiro atoms. The quantitative estimate of drug-likeness (QED) is 0.887. The lowest BCUT2D eigenvalue weighted by Gasteiger charge is -2.13. The molecule has 0 fully saturated rings. The largest absolute Gasteiger partial charge is 0.491 e. The molecule has 0 aliphatic rings. The molecule has 2 aromatic carbocycles. The highest BCUT2D eigenvalue weighted by atomic mass is 19.2. The smallest absolute Gasteiger partial charge is 0.248 e. The standard InChI is InChI=1S/C15H13F2NO3/c16-12-5-4-9(7-13(12)17)14(19)8-21-11-3-1-2-10(6-11)15(18)20/h1-7,14,19H,8H2,(H2,18,20).